The molecule has 0 bridgehead atoms. The molecular formula is C18H27N3O. The maximum Gasteiger partial charge on any atom is 0.236 e. The number of hydrogen-bond acceptors (Lipinski definition) is 3. The number of likely N-dealkylation sites (N-methyl/N-ethyl adjacent to an activating group) is 1. The van der Waals surface area contributed by atoms with Gasteiger partial charge in [0.05, 0.1) is 6.54 Å². The van der Waals surface area contributed by atoms with Crippen molar-refractivity contribution >= 4 is 5.91 Å². The first-order valence-corrected chi connectivity index (χ1v) is 8.30. The molecule has 2 aliphatic rings. The molecule has 2 N–H and O–H groups in total. The molecule has 0 aromatic heterocycles. The maximum absolute atomic E-state index is 12.5. The van der Waals surface area contributed by atoms with Crippen LogP contribution in [0, 0.1) is 18.8 Å². The Labute approximate surface area is 133 Å². The topological polar surface area (TPSA) is 49.6 Å². The lowest BCUT2D eigenvalue weighted by Gasteiger charge is -2.21. The fourth-order valence-electron chi connectivity index (χ4n) is 3.47. The zero-order valence-electron chi connectivity index (χ0n) is 13.7. The summed E-state index contributed by atoms with van der Waals surface area (Å²) in [6, 6.07) is 8.67. The van der Waals surface area contributed by atoms with Gasteiger partial charge in [-0.1, -0.05) is 29.8 Å². The van der Waals surface area contributed by atoms with Gasteiger partial charge in [0.25, 0.3) is 0 Å². The monoisotopic (exact) mass is 301 g/mol. The van der Waals surface area contributed by atoms with Gasteiger partial charge in [-0.05, 0) is 44.2 Å². The summed E-state index contributed by atoms with van der Waals surface area (Å²) in [4.78, 5) is 16.5. The molecule has 22 heavy (non-hydrogen) atoms. The van der Waals surface area contributed by atoms with Crippen molar-refractivity contribution in [3.05, 3.63) is 35.4 Å². The number of carbonyl (C=O) groups is 1. The molecule has 2 atom stereocenters. The van der Waals surface area contributed by atoms with E-state index in [1.165, 1.54) is 24.0 Å². The van der Waals surface area contributed by atoms with Crippen LogP contribution in [0.2, 0.25) is 0 Å². The summed E-state index contributed by atoms with van der Waals surface area (Å²) in [6.45, 7) is 4.96. The van der Waals surface area contributed by atoms with E-state index < -0.39 is 0 Å². The van der Waals surface area contributed by atoms with E-state index >= 15 is 0 Å². The summed E-state index contributed by atoms with van der Waals surface area (Å²) >= 11 is 0. The fraction of sp³-hybridized carbons (Fsp3) is 0.611. The van der Waals surface area contributed by atoms with E-state index in [0.717, 1.165) is 25.6 Å². The zero-order valence-corrected chi connectivity index (χ0v) is 13.7. The Morgan fingerprint density at radius 2 is 1.95 bits per heavy atom. The van der Waals surface area contributed by atoms with Gasteiger partial charge < -0.3 is 10.6 Å². The molecule has 1 aromatic rings. The lowest BCUT2D eigenvalue weighted by atomic mass is 9.99. The van der Waals surface area contributed by atoms with Gasteiger partial charge in [0, 0.05) is 25.7 Å². The molecule has 1 amide bonds. The van der Waals surface area contributed by atoms with Crippen LogP contribution in [0.1, 0.15) is 24.0 Å². The van der Waals surface area contributed by atoms with E-state index in [-0.39, 0.29) is 11.9 Å². The average molecular weight is 301 g/mol. The Balaban J connectivity index is 1.49. The number of benzene rings is 1. The number of rotatable bonds is 5. The second-order valence-electron chi connectivity index (χ2n) is 7.12. The molecule has 1 aliphatic carbocycles. The van der Waals surface area contributed by atoms with Gasteiger partial charge in [-0.15, -0.1) is 0 Å². The minimum atomic E-state index is 0.179. The third kappa shape index (κ3) is 3.68. The zero-order chi connectivity index (χ0) is 15.7. The summed E-state index contributed by atoms with van der Waals surface area (Å²) in [5.74, 6) is 1.53. The minimum Gasteiger partial charge on any atom is -0.340 e. The average Bonchev–Trinajstić information content (AvgIpc) is 3.24. The second kappa shape index (κ2) is 6.39. The summed E-state index contributed by atoms with van der Waals surface area (Å²) in [5, 5.41) is 0. The third-order valence-electron chi connectivity index (χ3n) is 4.97. The Bertz CT molecular complexity index is 524. The van der Waals surface area contributed by atoms with Crippen molar-refractivity contribution < 1.29 is 4.79 Å². The standard InChI is InChI=1S/C18H27N3O/c1-13-3-5-14(6-4-13)9-20(2)12-18(22)21-10-16(15-7-8-15)17(19)11-21/h3-6,15-17H,7-12,19H2,1-2H3/t16-,17+/m1/s1. The van der Waals surface area contributed by atoms with Crippen molar-refractivity contribution in [3.8, 4) is 0 Å². The first-order chi connectivity index (χ1) is 10.5. The van der Waals surface area contributed by atoms with E-state index in [4.69, 9.17) is 5.73 Å². The van der Waals surface area contributed by atoms with Crippen LogP contribution in [0.3, 0.4) is 0 Å². The van der Waals surface area contributed by atoms with Crippen molar-refractivity contribution in [1.82, 2.24) is 9.80 Å². The maximum atomic E-state index is 12.5. The van der Waals surface area contributed by atoms with Crippen LogP contribution >= 0.6 is 0 Å². The van der Waals surface area contributed by atoms with Crippen LogP contribution in [0.25, 0.3) is 0 Å². The first-order valence-electron chi connectivity index (χ1n) is 8.30. The molecule has 1 heterocycles. The molecule has 1 saturated carbocycles. The van der Waals surface area contributed by atoms with Gasteiger partial charge in [0.15, 0.2) is 0 Å². The molecular weight excluding hydrogens is 274 g/mol. The summed E-state index contributed by atoms with van der Waals surface area (Å²) in [6.07, 6.45) is 2.60. The number of nitrogens with two attached hydrogens (primary N) is 1. The van der Waals surface area contributed by atoms with Crippen molar-refractivity contribution in [1.29, 1.82) is 0 Å². The number of carbonyl (C=O) groups excluding carboxylic acids is 1. The highest BCUT2D eigenvalue weighted by molar-refractivity contribution is 5.78. The van der Waals surface area contributed by atoms with Crippen molar-refractivity contribution in [2.24, 2.45) is 17.6 Å². The van der Waals surface area contributed by atoms with Gasteiger partial charge in [-0.3, -0.25) is 9.69 Å². The first kappa shape index (κ1) is 15.5. The Morgan fingerprint density at radius 1 is 1.27 bits per heavy atom. The van der Waals surface area contributed by atoms with E-state index in [9.17, 15) is 4.79 Å². The molecule has 0 spiro atoms. The number of aryl methyl sites for hydroxylation is 1. The molecule has 1 aliphatic heterocycles. The number of nitrogens with zero attached hydrogens (tertiary/aromatic N) is 2. The quantitative estimate of drug-likeness (QED) is 0.899. The summed E-state index contributed by atoms with van der Waals surface area (Å²) in [7, 11) is 2.01. The van der Waals surface area contributed by atoms with Crippen molar-refractivity contribution in [3.63, 3.8) is 0 Å². The van der Waals surface area contributed by atoms with E-state index in [2.05, 4.69) is 36.1 Å². The predicted octanol–water partition coefficient (Wildman–Crippen LogP) is 1.62. The largest absolute Gasteiger partial charge is 0.340 e. The van der Waals surface area contributed by atoms with Gasteiger partial charge >= 0.3 is 0 Å². The molecule has 4 nitrogen and oxygen atoms in total. The highest BCUT2D eigenvalue weighted by Crippen LogP contribution is 2.40. The van der Waals surface area contributed by atoms with Gasteiger partial charge in [0.1, 0.15) is 0 Å². The van der Waals surface area contributed by atoms with Crippen LogP contribution in [0.5, 0.6) is 0 Å². The number of hydrogen-bond donors (Lipinski definition) is 1. The van der Waals surface area contributed by atoms with Crippen LogP contribution in [-0.2, 0) is 11.3 Å². The van der Waals surface area contributed by atoms with Crippen LogP contribution < -0.4 is 5.73 Å². The Morgan fingerprint density at radius 3 is 2.59 bits per heavy atom. The smallest absolute Gasteiger partial charge is 0.236 e. The minimum absolute atomic E-state index is 0.179. The van der Waals surface area contributed by atoms with Crippen LogP contribution in [0.4, 0.5) is 0 Å². The predicted molar refractivity (Wildman–Crippen MR) is 88.3 cm³/mol. The van der Waals surface area contributed by atoms with E-state index in [1.807, 2.05) is 11.9 Å². The fourth-order valence-corrected chi connectivity index (χ4v) is 3.47. The molecule has 0 radical (unpaired) electrons. The molecule has 120 valence electrons. The number of amides is 1. The highest BCUT2D eigenvalue weighted by Gasteiger charge is 2.42. The summed E-state index contributed by atoms with van der Waals surface area (Å²) in [5.41, 5.74) is 8.72. The molecule has 1 aromatic carbocycles. The Kier molecular flexibility index (Phi) is 4.50. The number of likely N-dealkylation sites (tertiary alicyclic amines) is 1. The van der Waals surface area contributed by atoms with Gasteiger partial charge in [0.2, 0.25) is 5.91 Å². The highest BCUT2D eigenvalue weighted by atomic mass is 16.2. The van der Waals surface area contributed by atoms with Crippen molar-refractivity contribution in [2.45, 2.75) is 32.4 Å². The molecule has 1 saturated heterocycles. The second-order valence-corrected chi connectivity index (χ2v) is 7.12. The normalized spacial score (nSPS) is 25.0. The molecule has 4 heteroatoms. The molecule has 3 rings (SSSR count). The lowest BCUT2D eigenvalue weighted by molar-refractivity contribution is -0.131. The molecule has 2 fully saturated rings. The Hall–Kier alpha value is -1.39. The van der Waals surface area contributed by atoms with Crippen LogP contribution in [0.15, 0.2) is 24.3 Å². The van der Waals surface area contributed by atoms with Crippen LogP contribution in [-0.4, -0.2) is 48.4 Å². The van der Waals surface area contributed by atoms with Gasteiger partial charge in [-0.25, -0.2) is 0 Å². The van der Waals surface area contributed by atoms with Gasteiger partial charge in [-0.2, -0.15) is 0 Å². The molecule has 0 unspecified atom stereocenters. The SMILES string of the molecule is Cc1ccc(CN(C)CC(=O)N2C[C@H](C3CC3)[C@@H](N)C2)cc1. The summed E-state index contributed by atoms with van der Waals surface area (Å²) < 4.78 is 0. The van der Waals surface area contributed by atoms with E-state index in [0.29, 0.717) is 12.5 Å². The lowest BCUT2D eigenvalue weighted by Crippen LogP contribution is -2.38. The van der Waals surface area contributed by atoms with Crippen molar-refractivity contribution in [2.75, 3.05) is 26.7 Å². The third-order valence-corrected chi connectivity index (χ3v) is 4.97. The van der Waals surface area contributed by atoms with E-state index in [1.54, 1.807) is 0 Å².